The lowest BCUT2D eigenvalue weighted by Crippen LogP contribution is -2.57. The molecule has 1 aromatic heterocycles. The van der Waals surface area contributed by atoms with E-state index in [9.17, 15) is 9.59 Å². The summed E-state index contributed by atoms with van der Waals surface area (Å²) in [7, 11) is 1.76. The van der Waals surface area contributed by atoms with Gasteiger partial charge in [-0.25, -0.2) is 4.98 Å². The van der Waals surface area contributed by atoms with Crippen molar-refractivity contribution in [3.8, 4) is 0 Å². The quantitative estimate of drug-likeness (QED) is 0.642. The van der Waals surface area contributed by atoms with Crippen LogP contribution in [-0.4, -0.2) is 51.9 Å². The van der Waals surface area contributed by atoms with E-state index in [0.29, 0.717) is 25.5 Å². The van der Waals surface area contributed by atoms with E-state index >= 15 is 0 Å². The highest BCUT2D eigenvalue weighted by atomic mass is 16.2. The fourth-order valence-corrected chi connectivity index (χ4v) is 1.84. The molecule has 1 fully saturated rings. The summed E-state index contributed by atoms with van der Waals surface area (Å²) in [6.45, 7) is 1.40. The van der Waals surface area contributed by atoms with E-state index in [1.807, 2.05) is 0 Å². The van der Waals surface area contributed by atoms with Crippen molar-refractivity contribution in [1.29, 1.82) is 0 Å². The second-order valence-corrected chi connectivity index (χ2v) is 4.02. The number of rotatable bonds is 2. The van der Waals surface area contributed by atoms with Crippen LogP contribution in [0.4, 0.5) is 0 Å². The van der Waals surface area contributed by atoms with Crippen LogP contribution in [0.25, 0.3) is 0 Å². The van der Waals surface area contributed by atoms with E-state index in [1.54, 1.807) is 28.9 Å². The molecule has 1 unspecified atom stereocenters. The third kappa shape index (κ3) is 2.28. The minimum absolute atomic E-state index is 0.176. The first-order valence-corrected chi connectivity index (χ1v) is 5.39. The number of hydrogen-bond donors (Lipinski definition) is 2. The van der Waals surface area contributed by atoms with Gasteiger partial charge in [0.1, 0.15) is 6.04 Å². The minimum Gasteiger partial charge on any atom is -0.368 e. The van der Waals surface area contributed by atoms with Crippen LogP contribution >= 0.6 is 0 Å². The van der Waals surface area contributed by atoms with Gasteiger partial charge in [0.05, 0.1) is 0 Å². The summed E-state index contributed by atoms with van der Waals surface area (Å²) < 4.78 is 1.66. The van der Waals surface area contributed by atoms with Crippen LogP contribution in [0.15, 0.2) is 12.4 Å². The maximum absolute atomic E-state index is 12.1. The second-order valence-electron chi connectivity index (χ2n) is 4.02. The van der Waals surface area contributed by atoms with Crippen LogP contribution in [0, 0.1) is 0 Å². The zero-order valence-corrected chi connectivity index (χ0v) is 9.59. The fraction of sp³-hybridized carbons (Fsp3) is 0.500. The van der Waals surface area contributed by atoms with Gasteiger partial charge in [-0.3, -0.25) is 9.59 Å². The molecule has 0 aliphatic carbocycles. The molecule has 1 atom stereocenters. The molecule has 1 aliphatic heterocycles. The summed E-state index contributed by atoms with van der Waals surface area (Å²) in [5.41, 5.74) is 5.22. The average molecular weight is 237 g/mol. The number of aryl methyl sites for hydroxylation is 1. The van der Waals surface area contributed by atoms with E-state index < -0.39 is 11.9 Å². The number of carbonyl (C=O) groups is 2. The Morgan fingerprint density at radius 2 is 2.35 bits per heavy atom. The number of primary amides is 1. The molecule has 0 bridgehead atoms. The van der Waals surface area contributed by atoms with Crippen molar-refractivity contribution in [2.75, 3.05) is 19.6 Å². The lowest BCUT2D eigenvalue weighted by atomic mass is 10.2. The van der Waals surface area contributed by atoms with Crippen molar-refractivity contribution in [3.63, 3.8) is 0 Å². The van der Waals surface area contributed by atoms with Gasteiger partial charge in [0.2, 0.25) is 5.91 Å². The Balaban J connectivity index is 2.10. The number of imidazole rings is 1. The highest BCUT2D eigenvalue weighted by molar-refractivity contribution is 5.91. The van der Waals surface area contributed by atoms with Crippen LogP contribution < -0.4 is 11.1 Å². The Morgan fingerprint density at radius 3 is 2.94 bits per heavy atom. The molecule has 1 aromatic rings. The molecule has 2 amide bonds. The Morgan fingerprint density at radius 1 is 1.59 bits per heavy atom. The first-order valence-electron chi connectivity index (χ1n) is 5.39. The third-order valence-electron chi connectivity index (χ3n) is 2.82. The molecular weight excluding hydrogens is 222 g/mol. The average Bonchev–Trinajstić information content (AvgIpc) is 2.74. The lowest BCUT2D eigenvalue weighted by Gasteiger charge is -2.31. The highest BCUT2D eigenvalue weighted by Gasteiger charge is 2.28. The molecule has 1 aliphatic rings. The van der Waals surface area contributed by atoms with Crippen molar-refractivity contribution < 1.29 is 9.59 Å². The normalized spacial score (nSPS) is 20.3. The summed E-state index contributed by atoms with van der Waals surface area (Å²) >= 11 is 0. The van der Waals surface area contributed by atoms with Gasteiger partial charge < -0.3 is 20.5 Å². The molecule has 0 saturated carbocycles. The molecule has 3 N–H and O–H groups in total. The zero-order chi connectivity index (χ0) is 12.4. The molecule has 7 nitrogen and oxygen atoms in total. The van der Waals surface area contributed by atoms with Crippen molar-refractivity contribution in [2.24, 2.45) is 12.8 Å². The number of carbonyl (C=O) groups excluding carboxylic acids is 2. The van der Waals surface area contributed by atoms with Crippen LogP contribution in [0.3, 0.4) is 0 Å². The number of nitrogens with zero attached hydrogens (tertiary/aromatic N) is 3. The van der Waals surface area contributed by atoms with Gasteiger partial charge >= 0.3 is 0 Å². The molecule has 17 heavy (non-hydrogen) atoms. The van der Waals surface area contributed by atoms with E-state index in [2.05, 4.69) is 10.3 Å². The van der Waals surface area contributed by atoms with Gasteiger partial charge in [-0.1, -0.05) is 0 Å². The summed E-state index contributed by atoms with van der Waals surface area (Å²) in [6.07, 6.45) is 3.28. The largest absolute Gasteiger partial charge is 0.368 e. The number of aromatic nitrogens is 2. The molecule has 0 aromatic carbocycles. The third-order valence-corrected chi connectivity index (χ3v) is 2.82. The summed E-state index contributed by atoms with van der Waals surface area (Å²) in [4.78, 5) is 28.8. The summed E-state index contributed by atoms with van der Waals surface area (Å²) in [5.74, 6) is -0.247. The Labute approximate surface area is 98.6 Å². The van der Waals surface area contributed by atoms with Crippen LogP contribution in [-0.2, 0) is 11.8 Å². The number of piperazine rings is 1. The van der Waals surface area contributed by atoms with Gasteiger partial charge in [0, 0.05) is 39.1 Å². The number of amides is 2. The Hall–Kier alpha value is -1.89. The highest BCUT2D eigenvalue weighted by Crippen LogP contribution is 2.05. The van der Waals surface area contributed by atoms with Gasteiger partial charge in [0.25, 0.3) is 5.91 Å². The molecular formula is C10H15N5O2. The van der Waals surface area contributed by atoms with E-state index in [1.165, 1.54) is 0 Å². The molecule has 1 saturated heterocycles. The van der Waals surface area contributed by atoms with Gasteiger partial charge in [0.15, 0.2) is 5.82 Å². The van der Waals surface area contributed by atoms with Gasteiger partial charge in [-0.05, 0) is 0 Å². The monoisotopic (exact) mass is 237 g/mol. The standard InChI is InChI=1S/C10H15N5O2/c1-14-4-2-13-9(14)10(17)15-5-3-12-7(6-15)8(11)16/h2,4,7,12H,3,5-6H2,1H3,(H2,11,16). The van der Waals surface area contributed by atoms with E-state index in [4.69, 9.17) is 5.73 Å². The van der Waals surface area contributed by atoms with Crippen LogP contribution in [0.2, 0.25) is 0 Å². The molecule has 92 valence electrons. The molecule has 7 heteroatoms. The first-order chi connectivity index (χ1) is 8.09. The number of nitrogens with two attached hydrogens (primary N) is 1. The maximum Gasteiger partial charge on any atom is 0.289 e. The zero-order valence-electron chi connectivity index (χ0n) is 9.59. The second kappa shape index (κ2) is 4.54. The topological polar surface area (TPSA) is 93.2 Å². The SMILES string of the molecule is Cn1ccnc1C(=O)N1CCNC(C(N)=O)C1. The van der Waals surface area contributed by atoms with Gasteiger partial charge in [-0.15, -0.1) is 0 Å². The van der Waals surface area contributed by atoms with Crippen molar-refractivity contribution in [1.82, 2.24) is 19.8 Å². The van der Waals surface area contributed by atoms with Crippen molar-refractivity contribution in [3.05, 3.63) is 18.2 Å². The number of hydrogen-bond acceptors (Lipinski definition) is 4. The molecule has 0 spiro atoms. The predicted molar refractivity (Wildman–Crippen MR) is 60.1 cm³/mol. The first kappa shape index (κ1) is 11.6. The van der Waals surface area contributed by atoms with Crippen molar-refractivity contribution >= 4 is 11.8 Å². The minimum atomic E-state index is -0.479. The summed E-state index contributed by atoms with van der Waals surface area (Å²) in [6, 6.07) is -0.479. The maximum atomic E-state index is 12.1. The van der Waals surface area contributed by atoms with Crippen molar-refractivity contribution in [2.45, 2.75) is 6.04 Å². The Kier molecular flexibility index (Phi) is 3.10. The molecule has 2 heterocycles. The van der Waals surface area contributed by atoms with Crippen LogP contribution in [0.5, 0.6) is 0 Å². The van der Waals surface area contributed by atoms with E-state index in [-0.39, 0.29) is 5.91 Å². The summed E-state index contributed by atoms with van der Waals surface area (Å²) in [5, 5.41) is 2.97. The number of nitrogens with one attached hydrogen (secondary N) is 1. The smallest absolute Gasteiger partial charge is 0.289 e. The molecule has 0 radical (unpaired) electrons. The fourth-order valence-electron chi connectivity index (χ4n) is 1.84. The lowest BCUT2D eigenvalue weighted by molar-refractivity contribution is -0.120. The van der Waals surface area contributed by atoms with Gasteiger partial charge in [-0.2, -0.15) is 0 Å². The van der Waals surface area contributed by atoms with Crippen LogP contribution in [0.1, 0.15) is 10.6 Å². The molecule has 2 rings (SSSR count). The predicted octanol–water partition coefficient (Wildman–Crippen LogP) is -1.68. The Bertz CT molecular complexity index is 442. The van der Waals surface area contributed by atoms with E-state index in [0.717, 1.165) is 0 Å².